The zero-order chi connectivity index (χ0) is 24.6. The fourth-order valence-corrected chi connectivity index (χ4v) is 6.73. The van der Waals surface area contributed by atoms with Crippen LogP contribution in [-0.4, -0.2) is 79.4 Å². The SMILES string of the molecule is CN(C1CCN(c2ccncc2)CC1)N1CCN(S(=O)(=O)c2ccc3cc(Br)ccc3c2)CC1=O.Cl. The van der Waals surface area contributed by atoms with E-state index < -0.39 is 10.0 Å². The van der Waals surface area contributed by atoms with E-state index in [4.69, 9.17) is 0 Å². The Labute approximate surface area is 226 Å². The topological polar surface area (TPSA) is 77.1 Å². The Kier molecular flexibility index (Phi) is 8.21. The molecule has 0 saturated carbocycles. The molecule has 0 atom stereocenters. The van der Waals surface area contributed by atoms with Crippen molar-refractivity contribution in [1.29, 1.82) is 0 Å². The molecule has 1 aromatic heterocycles. The summed E-state index contributed by atoms with van der Waals surface area (Å²) in [5.41, 5.74) is 1.16. The molecule has 0 radical (unpaired) electrons. The van der Waals surface area contributed by atoms with E-state index in [-0.39, 0.29) is 42.3 Å². The van der Waals surface area contributed by atoms with Crippen LogP contribution in [0.5, 0.6) is 0 Å². The minimum atomic E-state index is -3.76. The van der Waals surface area contributed by atoms with Crippen LogP contribution >= 0.6 is 28.3 Å². The minimum Gasteiger partial charge on any atom is -0.371 e. The van der Waals surface area contributed by atoms with Gasteiger partial charge in [-0.15, -0.1) is 12.4 Å². The molecule has 2 aliphatic heterocycles. The molecule has 0 unspecified atom stereocenters. The molecule has 1 amide bonds. The van der Waals surface area contributed by atoms with Gasteiger partial charge in [-0.05, 0) is 60.0 Å². The number of aromatic nitrogens is 1. The number of hydrogen-bond acceptors (Lipinski definition) is 6. The zero-order valence-electron chi connectivity index (χ0n) is 20.0. The highest BCUT2D eigenvalue weighted by molar-refractivity contribution is 9.10. The van der Waals surface area contributed by atoms with Crippen LogP contribution in [0.25, 0.3) is 10.8 Å². The molecule has 0 spiro atoms. The van der Waals surface area contributed by atoms with Gasteiger partial charge in [-0.25, -0.2) is 13.4 Å². The Morgan fingerprint density at radius 3 is 2.31 bits per heavy atom. The predicted octanol–water partition coefficient (Wildman–Crippen LogP) is 3.77. The summed E-state index contributed by atoms with van der Waals surface area (Å²) in [5.74, 6) is -0.191. The highest BCUT2D eigenvalue weighted by Gasteiger charge is 2.36. The number of carbonyl (C=O) groups is 1. The molecule has 2 fully saturated rings. The van der Waals surface area contributed by atoms with Gasteiger partial charge in [-0.3, -0.25) is 14.8 Å². The van der Waals surface area contributed by atoms with Gasteiger partial charge in [0.15, 0.2) is 0 Å². The van der Waals surface area contributed by atoms with Gasteiger partial charge < -0.3 is 4.90 Å². The third kappa shape index (κ3) is 5.38. The molecule has 36 heavy (non-hydrogen) atoms. The first-order chi connectivity index (χ1) is 16.8. The van der Waals surface area contributed by atoms with E-state index in [0.29, 0.717) is 6.54 Å². The fraction of sp³-hybridized carbons (Fsp3) is 0.360. The third-order valence-corrected chi connectivity index (χ3v) is 9.31. The van der Waals surface area contributed by atoms with E-state index in [1.807, 2.05) is 42.4 Å². The maximum atomic E-state index is 13.3. The van der Waals surface area contributed by atoms with Crippen molar-refractivity contribution in [2.75, 3.05) is 44.7 Å². The maximum absolute atomic E-state index is 13.3. The lowest BCUT2D eigenvalue weighted by atomic mass is 10.0. The van der Waals surface area contributed by atoms with Crippen LogP contribution in [0.2, 0.25) is 0 Å². The lowest BCUT2D eigenvalue weighted by molar-refractivity contribution is -0.156. The Morgan fingerprint density at radius 2 is 1.61 bits per heavy atom. The van der Waals surface area contributed by atoms with E-state index in [2.05, 4.69) is 25.8 Å². The lowest BCUT2D eigenvalue weighted by Gasteiger charge is -2.44. The van der Waals surface area contributed by atoms with Crippen LogP contribution in [-0.2, 0) is 14.8 Å². The van der Waals surface area contributed by atoms with E-state index >= 15 is 0 Å². The summed E-state index contributed by atoms with van der Waals surface area (Å²) in [7, 11) is -1.82. The number of pyridine rings is 1. The van der Waals surface area contributed by atoms with Gasteiger partial charge in [0.1, 0.15) is 0 Å². The van der Waals surface area contributed by atoms with Crippen molar-refractivity contribution >= 4 is 60.7 Å². The number of hydrogen-bond donors (Lipinski definition) is 0. The molecule has 3 heterocycles. The number of halogens is 2. The van der Waals surface area contributed by atoms with Crippen LogP contribution in [0, 0.1) is 0 Å². The largest absolute Gasteiger partial charge is 0.371 e. The number of fused-ring (bicyclic) bond motifs is 1. The quantitative estimate of drug-likeness (QED) is 0.448. The third-order valence-electron chi connectivity index (χ3n) is 6.97. The number of rotatable bonds is 5. The second-order valence-corrected chi connectivity index (χ2v) is 11.9. The van der Waals surface area contributed by atoms with Crippen LogP contribution in [0.4, 0.5) is 5.69 Å². The normalized spacial score (nSPS) is 18.0. The molecule has 192 valence electrons. The number of piperidine rings is 1. The Bertz CT molecular complexity index is 1340. The van der Waals surface area contributed by atoms with Crippen LogP contribution in [0.1, 0.15) is 12.8 Å². The van der Waals surface area contributed by atoms with Gasteiger partial charge in [0.25, 0.3) is 5.91 Å². The Balaban J connectivity index is 0.00000304. The molecule has 2 aliphatic rings. The first-order valence-corrected chi connectivity index (χ1v) is 13.9. The van der Waals surface area contributed by atoms with Crippen LogP contribution in [0.15, 0.2) is 70.3 Å². The molecule has 2 saturated heterocycles. The summed E-state index contributed by atoms with van der Waals surface area (Å²) in [5, 5.41) is 5.54. The zero-order valence-corrected chi connectivity index (χ0v) is 23.2. The van der Waals surface area contributed by atoms with Crippen molar-refractivity contribution in [2.45, 2.75) is 23.8 Å². The molecular weight excluding hydrogens is 566 g/mol. The van der Waals surface area contributed by atoms with Crippen molar-refractivity contribution in [3.05, 3.63) is 65.4 Å². The molecule has 11 heteroatoms. The summed E-state index contributed by atoms with van der Waals surface area (Å²) in [4.78, 5) is 19.7. The number of piperazine rings is 1. The summed E-state index contributed by atoms with van der Waals surface area (Å²) < 4.78 is 28.9. The predicted molar refractivity (Wildman–Crippen MR) is 147 cm³/mol. The van der Waals surface area contributed by atoms with Crippen LogP contribution in [0.3, 0.4) is 0 Å². The molecule has 0 bridgehead atoms. The fourth-order valence-electron chi connectivity index (χ4n) is 4.94. The average molecular weight is 595 g/mol. The van der Waals surface area contributed by atoms with Crippen molar-refractivity contribution in [3.63, 3.8) is 0 Å². The van der Waals surface area contributed by atoms with Crippen molar-refractivity contribution < 1.29 is 13.2 Å². The first kappa shape index (κ1) is 26.8. The van der Waals surface area contributed by atoms with E-state index in [1.54, 1.807) is 35.6 Å². The number of anilines is 1. The number of benzene rings is 2. The second-order valence-electron chi connectivity index (χ2n) is 9.01. The number of hydrazine groups is 1. The van der Waals surface area contributed by atoms with Crippen LogP contribution < -0.4 is 4.90 Å². The minimum absolute atomic E-state index is 0. The first-order valence-electron chi connectivity index (χ1n) is 11.7. The molecule has 5 rings (SSSR count). The van der Waals surface area contributed by atoms with Gasteiger partial charge in [0.2, 0.25) is 10.0 Å². The van der Waals surface area contributed by atoms with Crippen molar-refractivity contribution in [1.82, 2.24) is 19.3 Å². The summed E-state index contributed by atoms with van der Waals surface area (Å²) in [6.45, 7) is 2.27. The second kappa shape index (κ2) is 11.0. The van der Waals surface area contributed by atoms with Crippen molar-refractivity contribution in [2.24, 2.45) is 0 Å². The number of amides is 1. The van der Waals surface area contributed by atoms with Gasteiger partial charge >= 0.3 is 0 Å². The average Bonchev–Trinajstić information content (AvgIpc) is 2.88. The van der Waals surface area contributed by atoms with Crippen molar-refractivity contribution in [3.8, 4) is 0 Å². The monoisotopic (exact) mass is 593 g/mol. The number of nitrogens with zero attached hydrogens (tertiary/aromatic N) is 5. The van der Waals surface area contributed by atoms with Gasteiger partial charge in [-0.2, -0.15) is 4.31 Å². The smallest absolute Gasteiger partial charge is 0.252 e. The molecule has 3 aromatic rings. The lowest BCUT2D eigenvalue weighted by Crippen LogP contribution is -2.60. The maximum Gasteiger partial charge on any atom is 0.252 e. The Hall–Kier alpha value is -2.24. The molecular formula is C25H29BrClN5O3S. The van der Waals surface area contributed by atoms with E-state index in [9.17, 15) is 13.2 Å². The van der Waals surface area contributed by atoms with Gasteiger partial charge in [0, 0.05) is 55.3 Å². The number of carbonyl (C=O) groups excluding carboxylic acids is 1. The summed E-state index contributed by atoms with van der Waals surface area (Å²) >= 11 is 3.44. The highest BCUT2D eigenvalue weighted by atomic mass is 79.9. The molecule has 0 aliphatic carbocycles. The number of sulfonamides is 1. The molecule has 2 aromatic carbocycles. The Morgan fingerprint density at radius 1 is 0.944 bits per heavy atom. The van der Waals surface area contributed by atoms with E-state index in [0.717, 1.165) is 46.9 Å². The van der Waals surface area contributed by atoms with Gasteiger partial charge in [-0.1, -0.05) is 28.1 Å². The summed E-state index contributed by atoms with van der Waals surface area (Å²) in [6, 6.07) is 15.1. The summed E-state index contributed by atoms with van der Waals surface area (Å²) in [6.07, 6.45) is 5.46. The molecule has 8 nitrogen and oxygen atoms in total. The highest BCUT2D eigenvalue weighted by Crippen LogP contribution is 2.27. The standard InChI is InChI=1S/C25H28BrN5O3S.ClH/c1-28(22-8-12-29(13-9-22)23-6-10-27-11-7-23)31-15-14-30(18-25(31)32)35(33,34)24-5-3-19-16-21(26)4-2-20(19)17-24;/h2-7,10-11,16-17,22H,8-9,12-15,18H2,1H3;1H. The van der Waals surface area contributed by atoms with E-state index in [1.165, 1.54) is 4.31 Å². The van der Waals surface area contributed by atoms with Gasteiger partial charge in [0.05, 0.1) is 18.0 Å². The molecule has 0 N–H and O–H groups in total.